The zero-order valence-corrected chi connectivity index (χ0v) is 14.7. The van der Waals surface area contributed by atoms with Crippen molar-refractivity contribution in [1.82, 2.24) is 4.31 Å². The van der Waals surface area contributed by atoms with E-state index in [1.54, 1.807) is 18.2 Å². The number of carbonyl (C=O) groups is 1. The topological polar surface area (TPSA) is 63.7 Å². The summed E-state index contributed by atoms with van der Waals surface area (Å²) in [7, 11) is -3.67. The fourth-order valence-electron chi connectivity index (χ4n) is 2.87. The molecule has 0 atom stereocenters. The van der Waals surface area contributed by atoms with Gasteiger partial charge in [-0.1, -0.05) is 43.2 Å². The van der Waals surface area contributed by atoms with Gasteiger partial charge in [0.2, 0.25) is 0 Å². The number of hydrogen-bond donors (Lipinski definition) is 0. The van der Waals surface area contributed by atoms with Crippen molar-refractivity contribution in [1.29, 1.82) is 0 Å². The van der Waals surface area contributed by atoms with Crippen molar-refractivity contribution in [3.8, 4) is 5.75 Å². The molecule has 3 rings (SSSR count). The van der Waals surface area contributed by atoms with E-state index in [0.717, 1.165) is 29.3 Å². The van der Waals surface area contributed by atoms with Gasteiger partial charge >= 0.3 is 0 Å². The molecule has 0 aromatic heterocycles. The first kappa shape index (κ1) is 17.5. The third kappa shape index (κ3) is 3.85. The highest BCUT2D eigenvalue weighted by atomic mass is 32.2. The Hall–Kier alpha value is -2.34. The lowest BCUT2D eigenvalue weighted by molar-refractivity contribution is 0.0869. The Labute approximate surface area is 148 Å². The fourth-order valence-corrected chi connectivity index (χ4v) is 4.48. The number of unbranched alkanes of at least 4 members (excludes halogenated alkanes) is 3. The highest BCUT2D eigenvalue weighted by molar-refractivity contribution is 7.90. The summed E-state index contributed by atoms with van der Waals surface area (Å²) in [5, 5.41) is 0. The van der Waals surface area contributed by atoms with Gasteiger partial charge in [0.1, 0.15) is 10.6 Å². The summed E-state index contributed by atoms with van der Waals surface area (Å²) in [5.74, 6) is 0.442. The van der Waals surface area contributed by atoms with E-state index in [1.807, 2.05) is 30.3 Å². The number of amides is 1. The largest absolute Gasteiger partial charge is 0.494 e. The van der Waals surface area contributed by atoms with Gasteiger partial charge < -0.3 is 4.74 Å². The molecule has 5 nitrogen and oxygen atoms in total. The highest BCUT2D eigenvalue weighted by Gasteiger charge is 2.40. The van der Waals surface area contributed by atoms with Crippen molar-refractivity contribution in [2.24, 2.45) is 0 Å². The molecule has 1 amide bonds. The van der Waals surface area contributed by atoms with Gasteiger partial charge in [-0.15, -0.1) is 0 Å². The van der Waals surface area contributed by atoms with Crippen LogP contribution in [0.15, 0.2) is 59.5 Å². The molecule has 0 saturated carbocycles. The molecule has 25 heavy (non-hydrogen) atoms. The van der Waals surface area contributed by atoms with Crippen LogP contribution in [-0.2, 0) is 10.0 Å². The van der Waals surface area contributed by atoms with Crippen molar-refractivity contribution in [2.75, 3.05) is 13.2 Å². The van der Waals surface area contributed by atoms with E-state index < -0.39 is 15.9 Å². The van der Waals surface area contributed by atoms with E-state index in [4.69, 9.17) is 4.74 Å². The van der Waals surface area contributed by atoms with Gasteiger partial charge in [-0.2, -0.15) is 0 Å². The van der Waals surface area contributed by atoms with Gasteiger partial charge in [0, 0.05) is 6.54 Å². The van der Waals surface area contributed by atoms with Crippen LogP contribution in [0.4, 0.5) is 0 Å². The van der Waals surface area contributed by atoms with Gasteiger partial charge in [0.15, 0.2) is 0 Å². The minimum absolute atomic E-state index is 0.122. The van der Waals surface area contributed by atoms with Gasteiger partial charge in [-0.3, -0.25) is 4.79 Å². The number of para-hydroxylation sites is 1. The monoisotopic (exact) mass is 359 g/mol. The van der Waals surface area contributed by atoms with Crippen molar-refractivity contribution in [2.45, 2.75) is 30.6 Å². The number of fused-ring (bicyclic) bond motifs is 1. The maximum Gasteiger partial charge on any atom is 0.269 e. The Kier molecular flexibility index (Phi) is 5.38. The minimum Gasteiger partial charge on any atom is -0.494 e. The molecular formula is C19H21NO4S. The molecule has 0 fully saturated rings. The highest BCUT2D eigenvalue weighted by Crippen LogP contribution is 2.30. The second-order valence-electron chi connectivity index (χ2n) is 5.95. The van der Waals surface area contributed by atoms with E-state index in [1.165, 1.54) is 6.07 Å². The van der Waals surface area contributed by atoms with Gasteiger partial charge in [-0.05, 0) is 37.1 Å². The Balaban J connectivity index is 1.40. The smallest absolute Gasteiger partial charge is 0.269 e. The number of rotatable bonds is 8. The number of hydrogen-bond acceptors (Lipinski definition) is 4. The van der Waals surface area contributed by atoms with Crippen molar-refractivity contribution in [3.63, 3.8) is 0 Å². The molecule has 1 heterocycles. The Morgan fingerprint density at radius 2 is 1.52 bits per heavy atom. The summed E-state index contributed by atoms with van der Waals surface area (Å²) in [6.07, 6.45) is 3.34. The summed E-state index contributed by atoms with van der Waals surface area (Å²) in [4.78, 5) is 12.4. The van der Waals surface area contributed by atoms with Crippen molar-refractivity contribution >= 4 is 15.9 Å². The van der Waals surface area contributed by atoms with Crippen LogP contribution in [-0.4, -0.2) is 31.8 Å². The van der Waals surface area contributed by atoms with Crippen LogP contribution in [0, 0.1) is 0 Å². The van der Waals surface area contributed by atoms with Crippen molar-refractivity contribution in [3.05, 3.63) is 60.2 Å². The Morgan fingerprint density at radius 3 is 2.28 bits per heavy atom. The van der Waals surface area contributed by atoms with E-state index in [2.05, 4.69) is 0 Å². The molecule has 0 radical (unpaired) electrons. The van der Waals surface area contributed by atoms with Crippen LogP contribution in [0.1, 0.15) is 36.0 Å². The molecule has 132 valence electrons. The molecule has 2 aromatic rings. The molecule has 0 bridgehead atoms. The molecule has 1 aliphatic rings. The fraction of sp³-hybridized carbons (Fsp3) is 0.316. The molecule has 2 aromatic carbocycles. The van der Waals surface area contributed by atoms with Crippen LogP contribution in [0.3, 0.4) is 0 Å². The predicted molar refractivity (Wildman–Crippen MR) is 95.1 cm³/mol. The predicted octanol–water partition coefficient (Wildman–Crippen LogP) is 3.47. The van der Waals surface area contributed by atoms with Gasteiger partial charge in [0.05, 0.1) is 12.2 Å². The zero-order valence-electron chi connectivity index (χ0n) is 13.9. The van der Waals surface area contributed by atoms with Crippen molar-refractivity contribution < 1.29 is 17.9 Å². The SMILES string of the molecule is O=C1c2ccccc2S(=O)(=O)N1CCCCCCOc1ccccc1. The molecule has 0 unspecified atom stereocenters. The van der Waals surface area contributed by atoms with E-state index in [0.29, 0.717) is 13.0 Å². The maximum absolute atomic E-state index is 12.4. The number of carbonyl (C=O) groups excluding carboxylic acids is 1. The second-order valence-corrected chi connectivity index (χ2v) is 7.78. The average molecular weight is 359 g/mol. The third-order valence-electron chi connectivity index (χ3n) is 4.18. The molecule has 0 spiro atoms. The third-order valence-corrected chi connectivity index (χ3v) is 6.02. The summed E-state index contributed by atoms with van der Waals surface area (Å²) in [6.45, 7) is 0.867. The lowest BCUT2D eigenvalue weighted by Crippen LogP contribution is -2.31. The Bertz CT molecular complexity index is 834. The first-order valence-electron chi connectivity index (χ1n) is 8.44. The van der Waals surface area contributed by atoms with Crippen LogP contribution in [0.25, 0.3) is 0 Å². The number of benzene rings is 2. The summed E-state index contributed by atoms with van der Waals surface area (Å²) >= 11 is 0. The van der Waals surface area contributed by atoms with E-state index in [-0.39, 0.29) is 17.0 Å². The lowest BCUT2D eigenvalue weighted by Gasteiger charge is -2.14. The van der Waals surface area contributed by atoms with Gasteiger partial charge in [-0.25, -0.2) is 12.7 Å². The molecule has 1 aliphatic heterocycles. The summed E-state index contributed by atoms with van der Waals surface area (Å²) < 4.78 is 31.4. The molecule has 0 saturated heterocycles. The second kappa shape index (κ2) is 7.70. The Morgan fingerprint density at radius 1 is 0.840 bits per heavy atom. The summed E-state index contributed by atoms with van der Waals surface area (Å²) in [6, 6.07) is 16.0. The average Bonchev–Trinajstić information content (AvgIpc) is 2.82. The zero-order chi connectivity index (χ0) is 17.7. The van der Waals surface area contributed by atoms with Crippen LogP contribution >= 0.6 is 0 Å². The van der Waals surface area contributed by atoms with Gasteiger partial charge in [0.25, 0.3) is 15.9 Å². The van der Waals surface area contributed by atoms with Crippen LogP contribution in [0.2, 0.25) is 0 Å². The number of nitrogens with zero attached hydrogens (tertiary/aromatic N) is 1. The minimum atomic E-state index is -3.67. The quantitative estimate of drug-likeness (QED) is 0.677. The number of ether oxygens (including phenoxy) is 1. The van der Waals surface area contributed by atoms with E-state index >= 15 is 0 Å². The summed E-state index contributed by atoms with van der Waals surface area (Å²) in [5.41, 5.74) is 0.277. The molecule has 0 aliphatic carbocycles. The lowest BCUT2D eigenvalue weighted by atomic mass is 10.2. The maximum atomic E-state index is 12.4. The molecular weight excluding hydrogens is 338 g/mol. The van der Waals surface area contributed by atoms with E-state index in [9.17, 15) is 13.2 Å². The standard InChI is InChI=1S/C19H21NO4S/c21-19-17-12-6-7-13-18(17)25(22,23)20(19)14-8-1-2-9-15-24-16-10-4-3-5-11-16/h3-7,10-13H,1-2,8-9,14-15H2. The normalized spacial score (nSPS) is 15.2. The molecule has 0 N–H and O–H groups in total. The molecule has 6 heteroatoms. The van der Waals surface area contributed by atoms with Crippen LogP contribution < -0.4 is 4.74 Å². The van der Waals surface area contributed by atoms with Crippen LogP contribution in [0.5, 0.6) is 5.75 Å². The first-order chi connectivity index (χ1) is 12.1. The first-order valence-corrected chi connectivity index (χ1v) is 9.88. The number of sulfonamides is 1.